The van der Waals surface area contributed by atoms with Gasteiger partial charge in [0, 0.05) is 83.3 Å². The minimum atomic E-state index is 0.108. The van der Waals surface area contributed by atoms with Crippen molar-refractivity contribution in [2.24, 2.45) is 0 Å². The van der Waals surface area contributed by atoms with Crippen LogP contribution in [0, 0.1) is 0 Å². The average Bonchev–Trinajstić information content (AvgIpc) is 3.05. The summed E-state index contributed by atoms with van der Waals surface area (Å²) >= 11 is 0. The van der Waals surface area contributed by atoms with Crippen LogP contribution in [-0.2, 0) is 38.1 Å². The van der Waals surface area contributed by atoms with E-state index in [2.05, 4.69) is 20.8 Å². The van der Waals surface area contributed by atoms with Gasteiger partial charge in [0.1, 0.15) is 0 Å². The second-order valence-corrected chi connectivity index (χ2v) is 12.1. The van der Waals surface area contributed by atoms with E-state index in [1.54, 1.807) is 83.1 Å². The lowest BCUT2D eigenvalue weighted by atomic mass is 10.2. The van der Waals surface area contributed by atoms with Crippen molar-refractivity contribution in [1.82, 2.24) is 19.6 Å². The maximum absolute atomic E-state index is 11.1. The molecule has 12 heteroatoms. The van der Waals surface area contributed by atoms with Gasteiger partial charge in [-0.15, -0.1) is 0 Å². The Morgan fingerprint density at radius 1 is 0.375 bits per heavy atom. The fourth-order valence-corrected chi connectivity index (χ4v) is 3.20. The van der Waals surface area contributed by atoms with Crippen molar-refractivity contribution >= 4 is 23.6 Å². The number of methoxy groups -OCH3 is 1. The van der Waals surface area contributed by atoms with Crippen molar-refractivity contribution in [2.45, 2.75) is 104 Å². The molecule has 0 aromatic heterocycles. The zero-order chi connectivity index (χ0) is 37.6. The fourth-order valence-electron chi connectivity index (χ4n) is 3.20. The Morgan fingerprint density at radius 2 is 0.646 bits per heavy atom. The van der Waals surface area contributed by atoms with Crippen molar-refractivity contribution in [1.29, 1.82) is 0 Å². The summed E-state index contributed by atoms with van der Waals surface area (Å²) < 4.78 is 20.6. The van der Waals surface area contributed by atoms with Gasteiger partial charge in [0.2, 0.25) is 23.6 Å². The summed E-state index contributed by atoms with van der Waals surface area (Å²) in [7, 11) is 15.6. The lowest BCUT2D eigenvalue weighted by molar-refractivity contribution is -0.130. The molecule has 0 heterocycles. The molecule has 0 N–H and O–H groups in total. The number of rotatable bonds is 24. The largest absolute Gasteiger partial charge is 0.384 e. The molecular weight excluding hydrogens is 616 g/mol. The van der Waals surface area contributed by atoms with E-state index in [0.717, 1.165) is 45.5 Å². The van der Waals surface area contributed by atoms with Gasteiger partial charge in [-0.25, -0.2) is 0 Å². The van der Waals surface area contributed by atoms with Crippen LogP contribution in [0.4, 0.5) is 0 Å². The predicted molar refractivity (Wildman–Crippen MR) is 196 cm³/mol. The third-order valence-corrected chi connectivity index (χ3v) is 6.57. The van der Waals surface area contributed by atoms with E-state index in [-0.39, 0.29) is 23.6 Å². The molecule has 0 aliphatic heterocycles. The van der Waals surface area contributed by atoms with Crippen LogP contribution in [0.1, 0.15) is 104 Å². The molecule has 0 unspecified atom stereocenters. The summed E-state index contributed by atoms with van der Waals surface area (Å²) in [6, 6.07) is 0. The molecule has 0 aromatic carbocycles. The fraction of sp³-hybridized carbons (Fsp3) is 0.889. The Balaban J connectivity index is -0.000000272. The number of carbonyl (C=O) groups is 4. The zero-order valence-corrected chi connectivity index (χ0v) is 33.2. The first-order valence-corrected chi connectivity index (χ1v) is 17.8. The first-order valence-electron chi connectivity index (χ1n) is 17.8. The minimum absolute atomic E-state index is 0.108. The second-order valence-electron chi connectivity index (χ2n) is 12.1. The minimum Gasteiger partial charge on any atom is -0.384 e. The molecule has 0 radical (unpaired) electrons. The smallest absolute Gasteiger partial charge is 0.224 e. The highest BCUT2D eigenvalue weighted by Gasteiger charge is 2.04. The lowest BCUT2D eigenvalue weighted by Crippen LogP contribution is -2.22. The van der Waals surface area contributed by atoms with Crippen LogP contribution >= 0.6 is 0 Å². The van der Waals surface area contributed by atoms with Crippen LogP contribution < -0.4 is 0 Å². The van der Waals surface area contributed by atoms with Gasteiger partial charge in [-0.2, -0.15) is 0 Å². The quantitative estimate of drug-likeness (QED) is 0.128. The van der Waals surface area contributed by atoms with Crippen molar-refractivity contribution in [2.75, 3.05) is 110 Å². The summed E-state index contributed by atoms with van der Waals surface area (Å²) in [5.74, 6) is 0.511. The lowest BCUT2D eigenvalue weighted by Gasteiger charge is -2.09. The van der Waals surface area contributed by atoms with E-state index in [0.29, 0.717) is 52.1 Å². The maximum Gasteiger partial charge on any atom is 0.224 e. The normalized spacial score (nSPS) is 9.92. The van der Waals surface area contributed by atoms with Crippen molar-refractivity contribution in [3.63, 3.8) is 0 Å². The molecule has 0 atom stereocenters. The van der Waals surface area contributed by atoms with Crippen LogP contribution in [0.15, 0.2) is 0 Å². The van der Waals surface area contributed by atoms with Crippen LogP contribution in [0.25, 0.3) is 0 Å². The standard InChI is InChI=1S/C11H23NO2.C10H21NO2.C9H19NO2.C6H13NO2/c1-4-5-6-7-9-14-10-8-11(13)12(2)3;1-4-5-6-8-13-9-7-10(12)11(2)3;1-4-5-7-12-8-6-9(11)10(2)3;1-7(2)6(8)4-5-9-3/h4-10H2,1-3H3;4-9H2,1-3H3;4-8H2,1-3H3;4-5H2,1-3H3. The molecule has 288 valence electrons. The van der Waals surface area contributed by atoms with Crippen LogP contribution in [-0.4, -0.2) is 153 Å². The average molecular weight is 693 g/mol. The van der Waals surface area contributed by atoms with E-state index < -0.39 is 0 Å². The molecule has 0 rings (SSSR count). The highest BCUT2D eigenvalue weighted by Crippen LogP contribution is 1.99. The number of unbranched alkanes of at least 4 members (excludes halogenated alkanes) is 6. The Kier molecular flexibility index (Phi) is 44.8. The Morgan fingerprint density at radius 3 is 0.938 bits per heavy atom. The Labute approximate surface area is 295 Å². The van der Waals surface area contributed by atoms with Gasteiger partial charge in [-0.05, 0) is 19.3 Å². The van der Waals surface area contributed by atoms with E-state index >= 15 is 0 Å². The number of nitrogens with zero attached hydrogens (tertiary/aromatic N) is 4. The van der Waals surface area contributed by atoms with Crippen LogP contribution in [0.3, 0.4) is 0 Å². The highest BCUT2D eigenvalue weighted by atomic mass is 16.5. The van der Waals surface area contributed by atoms with Gasteiger partial charge < -0.3 is 38.5 Å². The van der Waals surface area contributed by atoms with Crippen LogP contribution in [0.2, 0.25) is 0 Å². The van der Waals surface area contributed by atoms with E-state index in [1.165, 1.54) is 32.1 Å². The number of ether oxygens (including phenoxy) is 4. The summed E-state index contributed by atoms with van der Waals surface area (Å²) in [6.07, 6.45) is 12.6. The molecule has 0 bridgehead atoms. The molecule has 0 aromatic rings. The first-order chi connectivity index (χ1) is 22.7. The van der Waals surface area contributed by atoms with E-state index in [9.17, 15) is 19.2 Å². The summed E-state index contributed by atoms with van der Waals surface area (Å²) in [6.45, 7) is 11.0. The van der Waals surface area contributed by atoms with Crippen molar-refractivity contribution in [3.8, 4) is 0 Å². The van der Waals surface area contributed by atoms with Gasteiger partial charge in [0.25, 0.3) is 0 Å². The van der Waals surface area contributed by atoms with Gasteiger partial charge in [0.15, 0.2) is 0 Å². The molecule has 48 heavy (non-hydrogen) atoms. The molecule has 0 aliphatic rings. The molecule has 0 saturated carbocycles. The Bertz CT molecular complexity index is 735. The molecule has 0 saturated heterocycles. The van der Waals surface area contributed by atoms with Gasteiger partial charge >= 0.3 is 0 Å². The predicted octanol–water partition coefficient (Wildman–Crippen LogP) is 5.13. The topological polar surface area (TPSA) is 118 Å². The summed E-state index contributed by atoms with van der Waals surface area (Å²) in [4.78, 5) is 50.3. The second kappa shape index (κ2) is 40.9. The zero-order valence-electron chi connectivity index (χ0n) is 33.2. The summed E-state index contributed by atoms with van der Waals surface area (Å²) in [5.41, 5.74) is 0. The molecule has 0 spiro atoms. The first kappa shape index (κ1) is 52.5. The monoisotopic (exact) mass is 693 g/mol. The van der Waals surface area contributed by atoms with Gasteiger partial charge in [0.05, 0.1) is 52.1 Å². The third kappa shape index (κ3) is 45.8. The molecule has 0 aliphatic carbocycles. The number of hydrogen-bond donors (Lipinski definition) is 0. The number of carbonyl (C=O) groups excluding carboxylic acids is 4. The SMILES string of the molecule is CCCCCCOCCC(=O)N(C)C.CCCCCOCCC(=O)N(C)C.CCCCOCCC(=O)N(C)C.COCCC(=O)N(C)C. The van der Waals surface area contributed by atoms with Gasteiger partial charge in [-0.1, -0.05) is 59.3 Å². The molecule has 4 amide bonds. The van der Waals surface area contributed by atoms with E-state index in [4.69, 9.17) is 18.9 Å². The Hall–Kier alpha value is -2.28. The van der Waals surface area contributed by atoms with Crippen molar-refractivity contribution < 1.29 is 38.1 Å². The van der Waals surface area contributed by atoms with E-state index in [1.807, 2.05) is 0 Å². The highest BCUT2D eigenvalue weighted by molar-refractivity contribution is 5.76. The maximum atomic E-state index is 11.1. The number of hydrogen-bond acceptors (Lipinski definition) is 8. The molecular formula is C36H76N4O8. The molecule has 0 fully saturated rings. The van der Waals surface area contributed by atoms with Crippen LogP contribution in [0.5, 0.6) is 0 Å². The van der Waals surface area contributed by atoms with Gasteiger partial charge in [-0.3, -0.25) is 19.2 Å². The molecule has 12 nitrogen and oxygen atoms in total. The number of amides is 4. The third-order valence-electron chi connectivity index (χ3n) is 6.57. The van der Waals surface area contributed by atoms with Crippen molar-refractivity contribution in [3.05, 3.63) is 0 Å². The summed E-state index contributed by atoms with van der Waals surface area (Å²) in [5, 5.41) is 0.